The summed E-state index contributed by atoms with van der Waals surface area (Å²) in [4.78, 5) is 13.0. The summed E-state index contributed by atoms with van der Waals surface area (Å²) in [5.41, 5.74) is 0. The Hall–Kier alpha value is -0.810. The van der Waals surface area contributed by atoms with Crippen molar-refractivity contribution >= 4 is 6.09 Å². The molecule has 5 nitrogen and oxygen atoms in total. The van der Waals surface area contributed by atoms with E-state index in [1.807, 2.05) is 13.8 Å². The molecule has 2 unspecified atom stereocenters. The number of amides is 1. The normalized spacial score (nSPS) is 28.6. The SMILES string of the molecule is CC.COC(=O)N1CC2NCCCOC2C1. The van der Waals surface area contributed by atoms with Crippen LogP contribution in [-0.4, -0.2) is 56.5 Å². The molecule has 16 heavy (non-hydrogen) atoms. The molecule has 0 aliphatic carbocycles. The van der Waals surface area contributed by atoms with Gasteiger partial charge < -0.3 is 19.7 Å². The predicted octanol–water partition coefficient (Wildman–Crippen LogP) is 0.842. The number of rotatable bonds is 0. The summed E-state index contributed by atoms with van der Waals surface area (Å²) in [6.07, 6.45) is 0.922. The molecule has 1 N–H and O–H groups in total. The number of fused-ring (bicyclic) bond motifs is 1. The van der Waals surface area contributed by atoms with Crippen LogP contribution in [0.5, 0.6) is 0 Å². The number of hydrogen-bond acceptors (Lipinski definition) is 4. The zero-order valence-electron chi connectivity index (χ0n) is 10.4. The van der Waals surface area contributed by atoms with Crippen molar-refractivity contribution in [3.05, 3.63) is 0 Å². The van der Waals surface area contributed by atoms with Gasteiger partial charge in [-0.1, -0.05) is 13.8 Å². The van der Waals surface area contributed by atoms with E-state index in [4.69, 9.17) is 4.74 Å². The molecule has 5 heteroatoms. The van der Waals surface area contributed by atoms with Crippen molar-refractivity contribution < 1.29 is 14.3 Å². The van der Waals surface area contributed by atoms with Crippen molar-refractivity contribution in [2.24, 2.45) is 0 Å². The van der Waals surface area contributed by atoms with Crippen LogP contribution in [0.3, 0.4) is 0 Å². The topological polar surface area (TPSA) is 50.8 Å². The molecule has 0 aromatic heterocycles. The van der Waals surface area contributed by atoms with Crippen LogP contribution in [0, 0.1) is 0 Å². The maximum absolute atomic E-state index is 11.3. The van der Waals surface area contributed by atoms with Crippen molar-refractivity contribution in [3.8, 4) is 0 Å². The Balaban J connectivity index is 0.000000606. The highest BCUT2D eigenvalue weighted by Crippen LogP contribution is 2.16. The van der Waals surface area contributed by atoms with Crippen molar-refractivity contribution in [3.63, 3.8) is 0 Å². The van der Waals surface area contributed by atoms with E-state index in [-0.39, 0.29) is 18.2 Å². The number of carbonyl (C=O) groups is 1. The number of nitrogens with zero attached hydrogens (tertiary/aromatic N) is 1. The highest BCUT2D eigenvalue weighted by molar-refractivity contribution is 5.68. The highest BCUT2D eigenvalue weighted by Gasteiger charge is 2.36. The van der Waals surface area contributed by atoms with Gasteiger partial charge in [0.05, 0.1) is 25.8 Å². The number of carbonyl (C=O) groups excluding carboxylic acids is 1. The largest absolute Gasteiger partial charge is 0.453 e. The van der Waals surface area contributed by atoms with Gasteiger partial charge in [0.1, 0.15) is 0 Å². The Morgan fingerprint density at radius 2 is 2.19 bits per heavy atom. The van der Waals surface area contributed by atoms with Crippen LogP contribution in [0.1, 0.15) is 20.3 Å². The van der Waals surface area contributed by atoms with Crippen molar-refractivity contribution in [2.45, 2.75) is 32.4 Å². The first-order chi connectivity index (χ1) is 7.81. The second-order valence-corrected chi connectivity index (χ2v) is 3.70. The van der Waals surface area contributed by atoms with Gasteiger partial charge in [-0.2, -0.15) is 0 Å². The number of hydrogen-bond donors (Lipinski definition) is 1. The second-order valence-electron chi connectivity index (χ2n) is 3.70. The van der Waals surface area contributed by atoms with E-state index in [1.54, 1.807) is 4.90 Å². The van der Waals surface area contributed by atoms with Gasteiger partial charge in [0.15, 0.2) is 0 Å². The quantitative estimate of drug-likeness (QED) is 0.670. The van der Waals surface area contributed by atoms with E-state index < -0.39 is 0 Å². The summed E-state index contributed by atoms with van der Waals surface area (Å²) >= 11 is 0. The Bertz CT molecular complexity index is 209. The molecule has 2 saturated heterocycles. The fourth-order valence-corrected chi connectivity index (χ4v) is 2.01. The molecule has 2 rings (SSSR count). The summed E-state index contributed by atoms with van der Waals surface area (Å²) in [7, 11) is 1.41. The monoisotopic (exact) mass is 230 g/mol. The molecular weight excluding hydrogens is 208 g/mol. The summed E-state index contributed by atoms with van der Waals surface area (Å²) in [5.74, 6) is 0. The zero-order chi connectivity index (χ0) is 12.0. The van der Waals surface area contributed by atoms with Gasteiger partial charge in [-0.25, -0.2) is 4.79 Å². The number of nitrogens with one attached hydrogen (secondary N) is 1. The van der Waals surface area contributed by atoms with E-state index in [1.165, 1.54) is 7.11 Å². The predicted molar refractivity (Wildman–Crippen MR) is 61.5 cm³/mol. The second kappa shape index (κ2) is 6.70. The maximum Gasteiger partial charge on any atom is 0.409 e. The molecule has 0 radical (unpaired) electrons. The molecule has 1 amide bonds. The van der Waals surface area contributed by atoms with Crippen molar-refractivity contribution in [1.82, 2.24) is 10.2 Å². The Morgan fingerprint density at radius 3 is 2.88 bits per heavy atom. The van der Waals surface area contributed by atoms with Crippen LogP contribution in [0.2, 0.25) is 0 Å². The minimum absolute atomic E-state index is 0.136. The van der Waals surface area contributed by atoms with E-state index in [2.05, 4.69) is 10.1 Å². The van der Waals surface area contributed by atoms with Crippen LogP contribution in [0.25, 0.3) is 0 Å². The lowest BCUT2D eigenvalue weighted by Crippen LogP contribution is -2.38. The third-order valence-corrected chi connectivity index (χ3v) is 2.76. The van der Waals surface area contributed by atoms with E-state index in [0.29, 0.717) is 13.1 Å². The van der Waals surface area contributed by atoms with Crippen LogP contribution in [0.4, 0.5) is 4.79 Å². The lowest BCUT2D eigenvalue weighted by molar-refractivity contribution is 0.0570. The lowest BCUT2D eigenvalue weighted by atomic mass is 10.2. The molecular formula is C11H22N2O3. The van der Waals surface area contributed by atoms with Crippen LogP contribution in [0.15, 0.2) is 0 Å². The summed E-state index contributed by atoms with van der Waals surface area (Å²) in [6.45, 7) is 7.08. The third kappa shape index (κ3) is 3.09. The third-order valence-electron chi connectivity index (χ3n) is 2.76. The smallest absolute Gasteiger partial charge is 0.409 e. The Kier molecular flexibility index (Phi) is 5.55. The first kappa shape index (κ1) is 13.3. The fourth-order valence-electron chi connectivity index (χ4n) is 2.01. The molecule has 2 fully saturated rings. The minimum Gasteiger partial charge on any atom is -0.453 e. The molecule has 0 aromatic rings. The van der Waals surface area contributed by atoms with Gasteiger partial charge in [-0.3, -0.25) is 0 Å². The standard InChI is InChI=1S/C9H16N2O3.C2H6/c1-13-9(12)11-5-7-8(6-11)14-4-2-3-10-7;1-2/h7-8,10H,2-6H2,1H3;1-2H3. The Morgan fingerprint density at radius 1 is 1.44 bits per heavy atom. The van der Waals surface area contributed by atoms with Gasteiger partial charge in [0.25, 0.3) is 0 Å². The average molecular weight is 230 g/mol. The summed E-state index contributed by atoms with van der Waals surface area (Å²) in [5, 5.41) is 3.38. The molecule has 2 heterocycles. The molecule has 2 atom stereocenters. The molecule has 2 aliphatic rings. The van der Waals surface area contributed by atoms with Gasteiger partial charge in [0, 0.05) is 13.2 Å². The van der Waals surface area contributed by atoms with E-state index in [0.717, 1.165) is 19.6 Å². The number of likely N-dealkylation sites (tertiary alicyclic amines) is 1. The van der Waals surface area contributed by atoms with Gasteiger partial charge in [-0.15, -0.1) is 0 Å². The molecule has 0 aromatic carbocycles. The lowest BCUT2D eigenvalue weighted by Gasteiger charge is -2.14. The van der Waals surface area contributed by atoms with Gasteiger partial charge in [0.2, 0.25) is 0 Å². The first-order valence-electron chi connectivity index (χ1n) is 5.99. The van der Waals surface area contributed by atoms with E-state index >= 15 is 0 Å². The van der Waals surface area contributed by atoms with Crippen LogP contribution >= 0.6 is 0 Å². The Labute approximate surface area is 97.1 Å². The minimum atomic E-state index is -0.261. The number of ether oxygens (including phenoxy) is 2. The van der Waals surface area contributed by atoms with Gasteiger partial charge >= 0.3 is 6.09 Å². The zero-order valence-corrected chi connectivity index (χ0v) is 10.4. The first-order valence-corrected chi connectivity index (χ1v) is 5.99. The molecule has 94 valence electrons. The van der Waals surface area contributed by atoms with E-state index in [9.17, 15) is 4.79 Å². The summed E-state index contributed by atoms with van der Waals surface area (Å²) in [6, 6.07) is 0.275. The fraction of sp³-hybridized carbons (Fsp3) is 0.909. The van der Waals surface area contributed by atoms with Gasteiger partial charge in [-0.05, 0) is 13.0 Å². The van der Waals surface area contributed by atoms with Crippen LogP contribution in [-0.2, 0) is 9.47 Å². The maximum atomic E-state index is 11.3. The molecule has 0 saturated carbocycles. The molecule has 0 spiro atoms. The molecule has 2 aliphatic heterocycles. The molecule has 0 bridgehead atoms. The van der Waals surface area contributed by atoms with Crippen molar-refractivity contribution in [1.29, 1.82) is 0 Å². The van der Waals surface area contributed by atoms with Crippen molar-refractivity contribution in [2.75, 3.05) is 33.4 Å². The number of methoxy groups -OCH3 is 1. The average Bonchev–Trinajstić information content (AvgIpc) is 2.62. The van der Waals surface area contributed by atoms with Crippen LogP contribution < -0.4 is 5.32 Å². The highest BCUT2D eigenvalue weighted by atomic mass is 16.5. The summed E-state index contributed by atoms with van der Waals surface area (Å²) < 4.78 is 10.3.